The van der Waals surface area contributed by atoms with E-state index in [0.29, 0.717) is 4.32 Å². The highest BCUT2D eigenvalue weighted by Gasteiger charge is 2.00. The molecule has 0 amide bonds. The van der Waals surface area contributed by atoms with Crippen molar-refractivity contribution in [3.63, 3.8) is 0 Å². The molecule has 0 aromatic rings. The average Bonchev–Trinajstić information content (AvgIpc) is 2.15. The molecule has 0 aliphatic heterocycles. The number of rotatable bonds is 1. The van der Waals surface area contributed by atoms with Crippen LogP contribution in [0.1, 0.15) is 0 Å². The van der Waals surface area contributed by atoms with Gasteiger partial charge in [0.05, 0.1) is 6.04 Å². The third-order valence-corrected chi connectivity index (χ3v) is 1.29. The lowest BCUT2D eigenvalue weighted by atomic mass is 10.3. The number of hydrogen-bond donors (Lipinski definition) is 2. The molecule has 0 radical (unpaired) electrons. The maximum Gasteiger partial charge on any atom is 0.131 e. The first-order chi connectivity index (χ1) is 4.29. The smallest absolute Gasteiger partial charge is 0.131 e. The Hall–Kier alpha value is -0.280. The van der Waals surface area contributed by atoms with Crippen molar-refractivity contribution in [2.75, 3.05) is 0 Å². The highest BCUT2D eigenvalue weighted by Crippen LogP contribution is 1.99. The van der Waals surface area contributed by atoms with E-state index in [0.717, 1.165) is 0 Å². The summed E-state index contributed by atoms with van der Waals surface area (Å²) in [6.07, 6.45) is 7.98. The van der Waals surface area contributed by atoms with Crippen LogP contribution in [-0.2, 0) is 0 Å². The maximum atomic E-state index is 4.72. The second-order valence-electron chi connectivity index (χ2n) is 1.75. The fourth-order valence-corrected chi connectivity index (χ4v) is 0.956. The van der Waals surface area contributed by atoms with Crippen molar-refractivity contribution < 1.29 is 0 Å². The molecular formula is C6H7NS2. The van der Waals surface area contributed by atoms with Crippen molar-refractivity contribution in [1.29, 1.82) is 0 Å². The second kappa shape index (κ2) is 3.03. The topological polar surface area (TPSA) is 12.0 Å². The van der Waals surface area contributed by atoms with Gasteiger partial charge in [-0.1, -0.05) is 36.5 Å². The first kappa shape index (κ1) is 6.83. The van der Waals surface area contributed by atoms with E-state index >= 15 is 0 Å². The first-order valence-electron chi connectivity index (χ1n) is 2.63. The van der Waals surface area contributed by atoms with E-state index in [9.17, 15) is 0 Å². The van der Waals surface area contributed by atoms with Crippen LogP contribution in [0.5, 0.6) is 0 Å². The molecule has 0 unspecified atom stereocenters. The van der Waals surface area contributed by atoms with E-state index in [1.807, 2.05) is 24.3 Å². The SMILES string of the molecule is S=C(S)NC1C=CC=C1. The number of hydrogen-bond acceptors (Lipinski definition) is 1. The summed E-state index contributed by atoms with van der Waals surface area (Å²) in [5, 5.41) is 2.96. The molecule has 48 valence electrons. The Morgan fingerprint density at radius 3 is 2.44 bits per heavy atom. The normalized spacial score (nSPS) is 16.6. The molecule has 0 aromatic heterocycles. The van der Waals surface area contributed by atoms with Gasteiger partial charge in [-0.15, -0.1) is 12.6 Å². The summed E-state index contributed by atoms with van der Waals surface area (Å²) in [6, 6.07) is 0.259. The Bertz CT molecular complexity index is 160. The highest BCUT2D eigenvalue weighted by atomic mass is 32.1. The van der Waals surface area contributed by atoms with Gasteiger partial charge in [0.25, 0.3) is 0 Å². The first-order valence-corrected chi connectivity index (χ1v) is 3.49. The molecule has 0 spiro atoms. The lowest BCUT2D eigenvalue weighted by Gasteiger charge is -2.05. The van der Waals surface area contributed by atoms with Crippen molar-refractivity contribution in [2.24, 2.45) is 0 Å². The zero-order valence-electron chi connectivity index (χ0n) is 4.74. The Morgan fingerprint density at radius 2 is 2.00 bits per heavy atom. The van der Waals surface area contributed by atoms with Gasteiger partial charge in [-0.25, -0.2) is 0 Å². The van der Waals surface area contributed by atoms with Gasteiger partial charge in [0.1, 0.15) is 4.32 Å². The van der Waals surface area contributed by atoms with Crippen LogP contribution < -0.4 is 5.32 Å². The van der Waals surface area contributed by atoms with Crippen LogP contribution in [0.15, 0.2) is 24.3 Å². The molecule has 1 aliphatic carbocycles. The van der Waals surface area contributed by atoms with Crippen LogP contribution in [0, 0.1) is 0 Å². The van der Waals surface area contributed by atoms with Crippen LogP contribution in [0.25, 0.3) is 0 Å². The lowest BCUT2D eigenvalue weighted by molar-refractivity contribution is 0.917. The minimum atomic E-state index is 0.259. The van der Waals surface area contributed by atoms with Crippen LogP contribution in [-0.4, -0.2) is 10.4 Å². The predicted molar refractivity (Wildman–Crippen MR) is 46.8 cm³/mol. The third-order valence-electron chi connectivity index (χ3n) is 1.04. The van der Waals surface area contributed by atoms with Crippen LogP contribution in [0.4, 0.5) is 0 Å². The van der Waals surface area contributed by atoms with Crippen molar-refractivity contribution in [1.82, 2.24) is 5.32 Å². The number of thiocarbonyl (C=S) groups is 1. The van der Waals surface area contributed by atoms with E-state index in [1.54, 1.807) is 0 Å². The van der Waals surface area contributed by atoms with E-state index < -0.39 is 0 Å². The molecule has 0 saturated carbocycles. The summed E-state index contributed by atoms with van der Waals surface area (Å²) in [6.45, 7) is 0. The van der Waals surface area contributed by atoms with E-state index in [-0.39, 0.29) is 6.04 Å². The monoisotopic (exact) mass is 157 g/mol. The van der Waals surface area contributed by atoms with Gasteiger partial charge in [0.15, 0.2) is 0 Å². The molecule has 0 saturated heterocycles. The van der Waals surface area contributed by atoms with Gasteiger partial charge in [-0.3, -0.25) is 0 Å². The number of thiol groups is 1. The zero-order valence-corrected chi connectivity index (χ0v) is 6.45. The van der Waals surface area contributed by atoms with Gasteiger partial charge in [0, 0.05) is 0 Å². The molecule has 0 bridgehead atoms. The summed E-state index contributed by atoms with van der Waals surface area (Å²) in [4.78, 5) is 0. The molecule has 0 fully saturated rings. The molecule has 1 nitrogen and oxygen atoms in total. The van der Waals surface area contributed by atoms with E-state index in [2.05, 4.69) is 17.9 Å². The van der Waals surface area contributed by atoms with Crippen LogP contribution in [0.2, 0.25) is 0 Å². The summed E-state index contributed by atoms with van der Waals surface area (Å²) < 4.78 is 0.538. The van der Waals surface area contributed by atoms with Crippen molar-refractivity contribution in [2.45, 2.75) is 6.04 Å². The summed E-state index contributed by atoms with van der Waals surface area (Å²) in [5.74, 6) is 0. The van der Waals surface area contributed by atoms with Gasteiger partial charge in [-0.2, -0.15) is 0 Å². The van der Waals surface area contributed by atoms with E-state index in [4.69, 9.17) is 12.2 Å². The second-order valence-corrected chi connectivity index (χ2v) is 2.90. The average molecular weight is 157 g/mol. The fourth-order valence-electron chi connectivity index (χ4n) is 0.671. The largest absolute Gasteiger partial charge is 0.361 e. The molecule has 1 aliphatic rings. The molecule has 0 heterocycles. The van der Waals surface area contributed by atoms with Crippen LogP contribution in [0.3, 0.4) is 0 Å². The molecule has 3 heteroatoms. The van der Waals surface area contributed by atoms with Gasteiger partial charge in [-0.05, 0) is 0 Å². The highest BCUT2D eigenvalue weighted by molar-refractivity contribution is 8.11. The van der Waals surface area contributed by atoms with Crippen molar-refractivity contribution in [3.05, 3.63) is 24.3 Å². The van der Waals surface area contributed by atoms with Gasteiger partial charge in [0.2, 0.25) is 0 Å². The molecule has 1 N–H and O–H groups in total. The molecule has 0 aromatic carbocycles. The van der Waals surface area contributed by atoms with Crippen LogP contribution >= 0.6 is 24.8 Å². The zero-order chi connectivity index (χ0) is 6.69. The Labute approximate surface area is 65.2 Å². The summed E-state index contributed by atoms with van der Waals surface area (Å²) in [5.41, 5.74) is 0. The fraction of sp³-hybridized carbons (Fsp3) is 0.167. The molecule has 9 heavy (non-hydrogen) atoms. The molecular weight excluding hydrogens is 150 g/mol. The van der Waals surface area contributed by atoms with Crippen molar-refractivity contribution in [3.8, 4) is 0 Å². The third kappa shape index (κ3) is 2.20. The standard InChI is InChI=1S/C6H7NS2/c8-6(9)7-5-3-1-2-4-5/h1-5H,(H2,7,8,9). The maximum absolute atomic E-state index is 4.72. The Morgan fingerprint density at radius 1 is 1.44 bits per heavy atom. The Balaban J connectivity index is 2.37. The minimum absolute atomic E-state index is 0.259. The summed E-state index contributed by atoms with van der Waals surface area (Å²) in [7, 11) is 0. The number of nitrogens with one attached hydrogen (secondary N) is 1. The number of allylic oxidation sites excluding steroid dienone is 2. The predicted octanol–water partition coefficient (Wildman–Crippen LogP) is 1.29. The molecule has 1 rings (SSSR count). The minimum Gasteiger partial charge on any atom is -0.361 e. The van der Waals surface area contributed by atoms with Crippen molar-refractivity contribution >= 4 is 29.2 Å². The molecule has 0 atom stereocenters. The summed E-state index contributed by atoms with van der Waals surface area (Å²) >= 11 is 8.64. The quantitative estimate of drug-likeness (QED) is 0.439. The van der Waals surface area contributed by atoms with Gasteiger partial charge >= 0.3 is 0 Å². The van der Waals surface area contributed by atoms with E-state index in [1.165, 1.54) is 0 Å². The Kier molecular flexibility index (Phi) is 2.30. The lowest BCUT2D eigenvalue weighted by Crippen LogP contribution is -2.25. The van der Waals surface area contributed by atoms with Gasteiger partial charge < -0.3 is 5.32 Å².